The number of benzene rings is 1. The lowest BCUT2D eigenvalue weighted by Gasteiger charge is -2.00. The van der Waals surface area contributed by atoms with Gasteiger partial charge in [0.05, 0.1) is 15.6 Å². The topological polar surface area (TPSA) is 34.9 Å². The van der Waals surface area contributed by atoms with E-state index < -0.39 is 0 Å². The van der Waals surface area contributed by atoms with E-state index in [1.54, 1.807) is 29.9 Å². The smallest absolute Gasteiger partial charge is 0.155 e. The van der Waals surface area contributed by atoms with Crippen LogP contribution in [0.5, 0.6) is 0 Å². The molecule has 0 radical (unpaired) electrons. The first-order valence-electron chi connectivity index (χ1n) is 4.67. The van der Waals surface area contributed by atoms with Crippen LogP contribution in [-0.4, -0.2) is 16.1 Å². The minimum Gasteiger partial charge on any atom is -0.298 e. The maximum Gasteiger partial charge on any atom is 0.155 e. The highest BCUT2D eigenvalue weighted by Crippen LogP contribution is 2.31. The normalized spacial score (nSPS) is 10.6. The third-order valence-corrected chi connectivity index (χ3v) is 4.00. The number of hydrogen-bond acceptors (Lipinski definition) is 2. The second-order valence-electron chi connectivity index (χ2n) is 3.42. The summed E-state index contributed by atoms with van der Waals surface area (Å²) in [6.07, 6.45) is 0.759. The fraction of sp³-hybridized carbons (Fsp3) is 0.0909. The van der Waals surface area contributed by atoms with Crippen LogP contribution in [0.3, 0.4) is 0 Å². The molecule has 0 aliphatic carbocycles. The van der Waals surface area contributed by atoms with Gasteiger partial charge >= 0.3 is 0 Å². The lowest BCUT2D eigenvalue weighted by atomic mass is 10.1. The maximum atomic E-state index is 11.0. The van der Waals surface area contributed by atoms with Gasteiger partial charge in [0.2, 0.25) is 0 Å². The molecule has 1 aromatic heterocycles. The van der Waals surface area contributed by atoms with Crippen LogP contribution in [0.25, 0.3) is 11.3 Å². The van der Waals surface area contributed by atoms with Gasteiger partial charge in [0.15, 0.2) is 6.29 Å². The number of rotatable bonds is 2. The molecule has 0 N–H and O–H groups in total. The molecule has 0 bridgehead atoms. The third-order valence-electron chi connectivity index (χ3n) is 2.32. The number of carbonyl (C=O) groups excluding carboxylic acids is 1. The van der Waals surface area contributed by atoms with E-state index in [0.717, 1.165) is 11.8 Å². The molecule has 0 amide bonds. The van der Waals surface area contributed by atoms with E-state index in [2.05, 4.69) is 21.0 Å². The fourth-order valence-corrected chi connectivity index (χ4v) is 2.14. The van der Waals surface area contributed by atoms with E-state index in [1.807, 2.05) is 0 Å². The maximum absolute atomic E-state index is 11.0. The molecule has 0 fully saturated rings. The molecule has 0 unspecified atom stereocenters. The minimum atomic E-state index is 0.433. The molecule has 0 saturated heterocycles. The summed E-state index contributed by atoms with van der Waals surface area (Å²) in [5, 5.41) is 5.16. The predicted molar refractivity (Wildman–Crippen MR) is 71.8 cm³/mol. The van der Waals surface area contributed by atoms with Crippen LogP contribution in [0, 0.1) is 0 Å². The number of carbonyl (C=O) groups is 1. The Labute approximate surface area is 116 Å². The van der Waals surface area contributed by atoms with E-state index in [4.69, 9.17) is 23.2 Å². The summed E-state index contributed by atoms with van der Waals surface area (Å²) >= 11 is 15.1. The van der Waals surface area contributed by atoms with Gasteiger partial charge in [-0.3, -0.25) is 9.48 Å². The van der Waals surface area contributed by atoms with Gasteiger partial charge in [-0.05, 0) is 28.1 Å². The number of aryl methyl sites for hydroxylation is 1. The Hall–Kier alpha value is -0.840. The number of aromatic nitrogens is 2. The number of halogens is 3. The molecule has 1 aromatic carbocycles. The van der Waals surface area contributed by atoms with Gasteiger partial charge in [-0.2, -0.15) is 5.10 Å². The van der Waals surface area contributed by atoms with Crippen molar-refractivity contribution in [3.05, 3.63) is 38.4 Å². The first-order chi connectivity index (χ1) is 8.04. The summed E-state index contributed by atoms with van der Waals surface area (Å²) in [4.78, 5) is 11.0. The highest BCUT2D eigenvalue weighted by molar-refractivity contribution is 9.10. The molecular formula is C11H7BrCl2N2O. The molecule has 0 aliphatic heterocycles. The van der Waals surface area contributed by atoms with Crippen molar-refractivity contribution in [2.45, 2.75) is 0 Å². The molecular weight excluding hydrogens is 327 g/mol. The van der Waals surface area contributed by atoms with Crippen molar-refractivity contribution < 1.29 is 4.79 Å². The summed E-state index contributed by atoms with van der Waals surface area (Å²) < 4.78 is 2.22. The van der Waals surface area contributed by atoms with Crippen molar-refractivity contribution in [2.75, 3.05) is 0 Å². The Morgan fingerprint density at radius 1 is 1.35 bits per heavy atom. The molecule has 3 nitrogen and oxygen atoms in total. The molecule has 2 rings (SSSR count). The molecule has 0 aliphatic rings. The third kappa shape index (κ3) is 2.25. The highest BCUT2D eigenvalue weighted by atomic mass is 79.9. The second kappa shape index (κ2) is 4.80. The van der Waals surface area contributed by atoms with Gasteiger partial charge in [-0.1, -0.05) is 29.3 Å². The van der Waals surface area contributed by atoms with E-state index >= 15 is 0 Å². The Bertz CT molecular complexity index is 595. The van der Waals surface area contributed by atoms with Gasteiger partial charge in [0, 0.05) is 12.6 Å². The van der Waals surface area contributed by atoms with Crippen LogP contribution in [-0.2, 0) is 7.05 Å². The van der Waals surface area contributed by atoms with Crippen molar-refractivity contribution in [1.82, 2.24) is 9.78 Å². The largest absolute Gasteiger partial charge is 0.298 e. The van der Waals surface area contributed by atoms with Gasteiger partial charge in [-0.25, -0.2) is 0 Å². The average molecular weight is 334 g/mol. The van der Waals surface area contributed by atoms with Crippen LogP contribution in [0.4, 0.5) is 0 Å². The molecule has 2 aromatic rings. The van der Waals surface area contributed by atoms with E-state index in [9.17, 15) is 4.79 Å². The quantitative estimate of drug-likeness (QED) is 0.779. The van der Waals surface area contributed by atoms with Gasteiger partial charge in [0.1, 0.15) is 10.3 Å². The first-order valence-corrected chi connectivity index (χ1v) is 6.22. The lowest BCUT2D eigenvalue weighted by Crippen LogP contribution is -1.90. The van der Waals surface area contributed by atoms with E-state index in [-0.39, 0.29) is 0 Å². The Kier molecular flexibility index (Phi) is 3.56. The molecule has 0 atom stereocenters. The van der Waals surface area contributed by atoms with Crippen LogP contribution in [0.1, 0.15) is 10.4 Å². The van der Waals surface area contributed by atoms with Crippen LogP contribution < -0.4 is 0 Å². The second-order valence-corrected chi connectivity index (χ2v) is 4.99. The summed E-state index contributed by atoms with van der Waals surface area (Å²) in [7, 11) is 1.75. The molecule has 0 spiro atoms. The predicted octanol–water partition coefficient (Wildman–Crippen LogP) is 3.97. The van der Waals surface area contributed by atoms with Gasteiger partial charge < -0.3 is 0 Å². The van der Waals surface area contributed by atoms with Crippen molar-refractivity contribution in [1.29, 1.82) is 0 Å². The van der Waals surface area contributed by atoms with Gasteiger partial charge in [-0.15, -0.1) is 0 Å². The number of hydrogen-bond donors (Lipinski definition) is 0. The highest BCUT2D eigenvalue weighted by Gasteiger charge is 2.15. The number of nitrogens with zero attached hydrogens (tertiary/aromatic N) is 2. The summed E-state index contributed by atoms with van der Waals surface area (Å²) in [5.74, 6) is 0. The molecule has 88 valence electrons. The standard InChI is InChI=1S/C11H7BrCl2N2O/c1-16-11(12)7(5-17)10(15-16)6-2-3-8(13)9(14)4-6/h2-5H,1H3. The van der Waals surface area contributed by atoms with Crippen molar-refractivity contribution in [2.24, 2.45) is 7.05 Å². The molecule has 17 heavy (non-hydrogen) atoms. The van der Waals surface area contributed by atoms with E-state index in [0.29, 0.717) is 25.9 Å². The first kappa shape index (κ1) is 12.6. The zero-order valence-electron chi connectivity index (χ0n) is 8.75. The minimum absolute atomic E-state index is 0.433. The van der Waals surface area contributed by atoms with Crippen LogP contribution in [0.2, 0.25) is 10.0 Å². The fourth-order valence-electron chi connectivity index (χ4n) is 1.48. The van der Waals surface area contributed by atoms with Gasteiger partial charge in [0.25, 0.3) is 0 Å². The van der Waals surface area contributed by atoms with Crippen molar-refractivity contribution in [3.63, 3.8) is 0 Å². The Morgan fingerprint density at radius 3 is 2.65 bits per heavy atom. The molecule has 6 heteroatoms. The average Bonchev–Trinajstić information content (AvgIpc) is 2.59. The Morgan fingerprint density at radius 2 is 2.06 bits per heavy atom. The van der Waals surface area contributed by atoms with Crippen LogP contribution >= 0.6 is 39.1 Å². The zero-order chi connectivity index (χ0) is 12.6. The Balaban J connectivity index is 2.64. The van der Waals surface area contributed by atoms with Crippen molar-refractivity contribution in [3.8, 4) is 11.3 Å². The summed E-state index contributed by atoms with van der Waals surface area (Å²) in [6.45, 7) is 0. The van der Waals surface area contributed by atoms with Crippen molar-refractivity contribution >= 4 is 45.4 Å². The SMILES string of the molecule is Cn1nc(-c2ccc(Cl)c(Cl)c2)c(C=O)c1Br. The summed E-state index contributed by atoms with van der Waals surface area (Å²) in [5.41, 5.74) is 1.82. The zero-order valence-corrected chi connectivity index (χ0v) is 11.8. The monoisotopic (exact) mass is 332 g/mol. The van der Waals surface area contributed by atoms with E-state index in [1.165, 1.54) is 0 Å². The number of aldehydes is 1. The lowest BCUT2D eigenvalue weighted by molar-refractivity contribution is 0.112. The summed E-state index contributed by atoms with van der Waals surface area (Å²) in [6, 6.07) is 5.14. The molecule has 1 heterocycles. The molecule has 0 saturated carbocycles. The van der Waals surface area contributed by atoms with Crippen LogP contribution in [0.15, 0.2) is 22.8 Å².